The number of fused-ring (bicyclic) bond motifs is 1. The lowest BCUT2D eigenvalue weighted by Crippen LogP contribution is -2.08. The molecule has 19 heavy (non-hydrogen) atoms. The van der Waals surface area contributed by atoms with Gasteiger partial charge in [-0.1, -0.05) is 45.7 Å². The van der Waals surface area contributed by atoms with Crippen molar-refractivity contribution in [1.82, 2.24) is 0 Å². The molecule has 0 fully saturated rings. The highest BCUT2D eigenvalue weighted by Crippen LogP contribution is 2.37. The van der Waals surface area contributed by atoms with Gasteiger partial charge in [-0.2, -0.15) is 0 Å². The highest BCUT2D eigenvalue weighted by atomic mass is 79.9. The van der Waals surface area contributed by atoms with Gasteiger partial charge in [0.25, 0.3) is 0 Å². The normalized spacial score (nSPS) is 17.3. The first-order chi connectivity index (χ1) is 9.15. The zero-order valence-corrected chi connectivity index (χ0v) is 13.1. The lowest BCUT2D eigenvalue weighted by Gasteiger charge is -2.18. The number of aryl methyl sites for hydroxylation is 2. The van der Waals surface area contributed by atoms with Crippen molar-refractivity contribution in [2.75, 3.05) is 5.32 Å². The Labute approximate surface area is 127 Å². The number of benzene rings is 2. The third-order valence-corrected chi connectivity index (χ3v) is 4.53. The molecule has 0 heterocycles. The third kappa shape index (κ3) is 2.52. The molecule has 98 valence electrons. The predicted molar refractivity (Wildman–Crippen MR) is 85.0 cm³/mol. The molecule has 0 aliphatic heterocycles. The van der Waals surface area contributed by atoms with Gasteiger partial charge in [-0.05, 0) is 54.7 Å². The minimum atomic E-state index is 0.363. The second-order valence-corrected chi connectivity index (χ2v) is 6.33. The van der Waals surface area contributed by atoms with Crippen LogP contribution < -0.4 is 5.32 Å². The van der Waals surface area contributed by atoms with E-state index in [0.717, 1.165) is 28.0 Å². The molecule has 1 atom stereocenters. The molecule has 1 aliphatic rings. The fourth-order valence-electron chi connectivity index (χ4n) is 2.72. The van der Waals surface area contributed by atoms with E-state index in [0.29, 0.717) is 6.04 Å². The highest BCUT2D eigenvalue weighted by Gasteiger charge is 2.23. The molecule has 0 amide bonds. The molecule has 0 saturated carbocycles. The summed E-state index contributed by atoms with van der Waals surface area (Å²) in [6.45, 7) is 2.09. The maximum Gasteiger partial charge on any atom is 0.0640 e. The predicted octanol–water partition coefficient (Wildman–Crippen LogP) is 5.51. The van der Waals surface area contributed by atoms with Gasteiger partial charge in [0.1, 0.15) is 0 Å². The molecule has 0 aromatic heterocycles. The molecule has 0 bridgehead atoms. The molecule has 1 unspecified atom stereocenters. The van der Waals surface area contributed by atoms with Crippen LogP contribution >= 0.6 is 27.5 Å². The van der Waals surface area contributed by atoms with Crippen molar-refractivity contribution in [1.29, 1.82) is 0 Å². The van der Waals surface area contributed by atoms with E-state index in [2.05, 4.69) is 52.4 Å². The van der Waals surface area contributed by atoms with Crippen LogP contribution in [-0.2, 0) is 6.42 Å². The van der Waals surface area contributed by atoms with Crippen molar-refractivity contribution in [3.63, 3.8) is 0 Å². The molecule has 1 nitrogen and oxygen atoms in total. The van der Waals surface area contributed by atoms with Gasteiger partial charge in [0, 0.05) is 4.47 Å². The first-order valence-electron chi connectivity index (χ1n) is 6.45. The fourth-order valence-corrected chi connectivity index (χ4v) is 3.41. The van der Waals surface area contributed by atoms with Crippen molar-refractivity contribution in [3.05, 3.63) is 62.6 Å². The Morgan fingerprint density at radius 1 is 1.26 bits per heavy atom. The summed E-state index contributed by atoms with van der Waals surface area (Å²) in [5, 5.41) is 4.40. The van der Waals surface area contributed by atoms with E-state index in [1.54, 1.807) is 0 Å². The van der Waals surface area contributed by atoms with E-state index in [1.807, 2.05) is 12.1 Å². The van der Waals surface area contributed by atoms with Crippen LogP contribution in [-0.4, -0.2) is 0 Å². The lowest BCUT2D eigenvalue weighted by molar-refractivity contribution is 0.761. The molecule has 1 N–H and O–H groups in total. The summed E-state index contributed by atoms with van der Waals surface area (Å²) in [6.07, 6.45) is 2.24. The van der Waals surface area contributed by atoms with Crippen LogP contribution in [0, 0.1) is 6.92 Å². The average Bonchev–Trinajstić information content (AvgIpc) is 2.76. The Balaban J connectivity index is 1.91. The zero-order chi connectivity index (χ0) is 13.4. The first-order valence-corrected chi connectivity index (χ1v) is 7.62. The van der Waals surface area contributed by atoms with Crippen LogP contribution in [0.5, 0.6) is 0 Å². The summed E-state index contributed by atoms with van der Waals surface area (Å²) in [5.74, 6) is 0. The Hall–Kier alpha value is -0.990. The van der Waals surface area contributed by atoms with Crippen molar-refractivity contribution in [3.8, 4) is 0 Å². The second-order valence-electron chi connectivity index (χ2n) is 5.01. The molecule has 0 radical (unpaired) electrons. The molecular formula is C16H15BrClN. The molecule has 1 aliphatic carbocycles. The molecular weight excluding hydrogens is 322 g/mol. The van der Waals surface area contributed by atoms with Crippen molar-refractivity contribution < 1.29 is 0 Å². The molecule has 0 saturated heterocycles. The number of rotatable bonds is 2. The van der Waals surface area contributed by atoms with Crippen molar-refractivity contribution >= 4 is 33.2 Å². The van der Waals surface area contributed by atoms with E-state index in [9.17, 15) is 0 Å². The van der Waals surface area contributed by atoms with E-state index in [-0.39, 0.29) is 0 Å². The van der Waals surface area contributed by atoms with Gasteiger partial charge in [0.15, 0.2) is 0 Å². The Kier molecular flexibility index (Phi) is 3.55. The van der Waals surface area contributed by atoms with Gasteiger partial charge in [-0.25, -0.2) is 0 Å². The van der Waals surface area contributed by atoms with Crippen LogP contribution in [0.1, 0.15) is 29.2 Å². The number of anilines is 1. The van der Waals surface area contributed by atoms with Gasteiger partial charge in [-0.15, -0.1) is 0 Å². The van der Waals surface area contributed by atoms with Gasteiger partial charge >= 0.3 is 0 Å². The average molecular weight is 337 g/mol. The van der Waals surface area contributed by atoms with Crippen molar-refractivity contribution in [2.45, 2.75) is 25.8 Å². The fraction of sp³-hybridized carbons (Fsp3) is 0.250. The second kappa shape index (κ2) is 5.18. The number of halogens is 2. The number of para-hydroxylation sites is 1. The van der Waals surface area contributed by atoms with Crippen LogP contribution in [0.3, 0.4) is 0 Å². The Morgan fingerprint density at radius 2 is 2.11 bits per heavy atom. The minimum Gasteiger partial charge on any atom is -0.377 e. The first kappa shape index (κ1) is 13.0. The summed E-state index contributed by atoms with van der Waals surface area (Å²) < 4.78 is 1.15. The SMILES string of the molecule is Cc1cccc(Cl)c1NC1CCc2cc(Br)ccc21. The molecule has 3 rings (SSSR count). The van der Waals surface area contributed by atoms with Gasteiger partial charge in [0.2, 0.25) is 0 Å². The third-order valence-electron chi connectivity index (χ3n) is 3.72. The quantitative estimate of drug-likeness (QED) is 0.762. The Bertz CT molecular complexity index is 604. The maximum absolute atomic E-state index is 6.29. The van der Waals surface area contributed by atoms with Crippen LogP contribution in [0.2, 0.25) is 5.02 Å². The summed E-state index contributed by atoms with van der Waals surface area (Å²) in [5.41, 5.74) is 5.07. The summed E-state index contributed by atoms with van der Waals surface area (Å²) in [7, 11) is 0. The molecule has 3 heteroatoms. The van der Waals surface area contributed by atoms with Crippen molar-refractivity contribution in [2.24, 2.45) is 0 Å². The lowest BCUT2D eigenvalue weighted by atomic mass is 10.1. The Morgan fingerprint density at radius 3 is 2.89 bits per heavy atom. The van der Waals surface area contributed by atoms with Gasteiger partial charge < -0.3 is 5.32 Å². The standard InChI is InChI=1S/C16H15BrClN/c1-10-3-2-4-14(18)16(10)19-15-8-5-11-9-12(17)6-7-13(11)15/h2-4,6-7,9,15,19H,5,8H2,1H3. The monoisotopic (exact) mass is 335 g/mol. The van der Waals surface area contributed by atoms with Gasteiger partial charge in [0.05, 0.1) is 16.8 Å². The number of hydrogen-bond acceptors (Lipinski definition) is 1. The van der Waals surface area contributed by atoms with Crippen LogP contribution in [0.15, 0.2) is 40.9 Å². The van der Waals surface area contributed by atoms with E-state index < -0.39 is 0 Å². The molecule has 2 aromatic rings. The zero-order valence-electron chi connectivity index (χ0n) is 10.7. The largest absolute Gasteiger partial charge is 0.377 e. The maximum atomic E-state index is 6.29. The molecule has 2 aromatic carbocycles. The summed E-state index contributed by atoms with van der Waals surface area (Å²) in [4.78, 5) is 0. The van der Waals surface area contributed by atoms with Crippen LogP contribution in [0.4, 0.5) is 5.69 Å². The highest BCUT2D eigenvalue weighted by molar-refractivity contribution is 9.10. The van der Waals surface area contributed by atoms with E-state index in [4.69, 9.17) is 11.6 Å². The van der Waals surface area contributed by atoms with Gasteiger partial charge in [-0.3, -0.25) is 0 Å². The number of nitrogens with one attached hydrogen (secondary N) is 1. The number of hydrogen-bond donors (Lipinski definition) is 1. The summed E-state index contributed by atoms with van der Waals surface area (Å²) in [6, 6.07) is 12.9. The van der Waals surface area contributed by atoms with E-state index in [1.165, 1.54) is 16.7 Å². The topological polar surface area (TPSA) is 12.0 Å². The summed E-state index contributed by atoms with van der Waals surface area (Å²) >= 11 is 9.82. The minimum absolute atomic E-state index is 0.363. The smallest absolute Gasteiger partial charge is 0.0640 e. The van der Waals surface area contributed by atoms with E-state index >= 15 is 0 Å². The van der Waals surface area contributed by atoms with Crippen LogP contribution in [0.25, 0.3) is 0 Å². The molecule has 0 spiro atoms.